The Morgan fingerprint density at radius 2 is 2.19 bits per heavy atom. The molecule has 2 heterocycles. The van der Waals surface area contributed by atoms with Gasteiger partial charge in [0.05, 0.1) is 10.6 Å². The van der Waals surface area contributed by atoms with Crippen molar-refractivity contribution in [3.63, 3.8) is 0 Å². The minimum absolute atomic E-state index is 0.0680. The van der Waals surface area contributed by atoms with Crippen LogP contribution in [0.4, 0.5) is 0 Å². The molecule has 1 aliphatic carbocycles. The van der Waals surface area contributed by atoms with Crippen molar-refractivity contribution in [3.05, 3.63) is 57.5 Å². The summed E-state index contributed by atoms with van der Waals surface area (Å²) in [5.41, 5.74) is 3.12. The number of carbonyl (C=O) groups is 2. The zero-order valence-electron chi connectivity index (χ0n) is 11.7. The van der Waals surface area contributed by atoms with E-state index in [2.05, 4.69) is 10.3 Å². The number of aliphatic imine (C=N–C) groups is 1. The van der Waals surface area contributed by atoms with Crippen LogP contribution in [0.25, 0.3) is 0 Å². The minimum Gasteiger partial charge on any atom is -0.325 e. The largest absolute Gasteiger partial charge is 0.325 e. The third-order valence-electron chi connectivity index (χ3n) is 3.72. The lowest BCUT2D eigenvalue weighted by Gasteiger charge is -2.28. The maximum absolute atomic E-state index is 12.0. The van der Waals surface area contributed by atoms with Crippen LogP contribution in [-0.4, -0.2) is 17.5 Å². The monoisotopic (exact) mass is 298 g/mol. The topological polar surface area (TPSA) is 58.5 Å². The molecule has 21 heavy (non-hydrogen) atoms. The first kappa shape index (κ1) is 13.7. The first-order chi connectivity index (χ1) is 10.1. The summed E-state index contributed by atoms with van der Waals surface area (Å²) < 4.78 is 0. The van der Waals surface area contributed by atoms with Crippen LogP contribution < -0.4 is 5.32 Å². The number of nitrogens with one attached hydrogen (secondary N) is 1. The van der Waals surface area contributed by atoms with Gasteiger partial charge >= 0.3 is 0 Å². The zero-order chi connectivity index (χ0) is 15.0. The molecule has 0 aromatic carbocycles. The second-order valence-electron chi connectivity index (χ2n) is 5.02. The molecule has 1 unspecified atom stereocenters. The highest BCUT2D eigenvalue weighted by Gasteiger charge is 2.27. The molecule has 0 spiro atoms. The molecule has 1 aromatic rings. The lowest BCUT2D eigenvalue weighted by Crippen LogP contribution is -2.35. The van der Waals surface area contributed by atoms with E-state index in [1.54, 1.807) is 12.1 Å². The molecule has 4 nitrogen and oxygen atoms in total. The van der Waals surface area contributed by atoms with Gasteiger partial charge in [-0.25, -0.2) is 4.99 Å². The predicted molar refractivity (Wildman–Crippen MR) is 83.3 cm³/mol. The van der Waals surface area contributed by atoms with Gasteiger partial charge in [-0.15, -0.1) is 11.3 Å². The molecule has 0 bridgehead atoms. The van der Waals surface area contributed by atoms with Gasteiger partial charge in [0.15, 0.2) is 0 Å². The predicted octanol–water partition coefficient (Wildman–Crippen LogP) is 2.87. The first-order valence-electron chi connectivity index (χ1n) is 6.61. The molecule has 106 valence electrons. The van der Waals surface area contributed by atoms with E-state index < -0.39 is 0 Å². The molecule has 1 atom stereocenters. The number of allylic oxidation sites excluding steroid dienone is 3. The van der Waals surface area contributed by atoms with E-state index in [0.717, 1.165) is 16.8 Å². The van der Waals surface area contributed by atoms with Crippen LogP contribution in [0.5, 0.6) is 0 Å². The molecule has 2 amide bonds. The van der Waals surface area contributed by atoms with Crippen LogP contribution in [0.15, 0.2) is 57.6 Å². The Labute approximate surface area is 126 Å². The van der Waals surface area contributed by atoms with E-state index in [1.807, 2.05) is 37.4 Å². The number of fused-ring (bicyclic) bond motifs is 1. The van der Waals surface area contributed by atoms with Gasteiger partial charge in [-0.2, -0.15) is 0 Å². The number of rotatable bonds is 1. The molecule has 5 heteroatoms. The fourth-order valence-electron chi connectivity index (χ4n) is 2.37. The molecular weight excluding hydrogens is 284 g/mol. The van der Waals surface area contributed by atoms with Gasteiger partial charge < -0.3 is 5.32 Å². The molecule has 3 rings (SSSR count). The van der Waals surface area contributed by atoms with Crippen molar-refractivity contribution in [1.29, 1.82) is 0 Å². The summed E-state index contributed by atoms with van der Waals surface area (Å²) in [6.45, 7) is 3.77. The van der Waals surface area contributed by atoms with Gasteiger partial charge in [-0.3, -0.25) is 9.59 Å². The summed E-state index contributed by atoms with van der Waals surface area (Å²) in [5, 5.41) is 4.70. The van der Waals surface area contributed by atoms with Crippen LogP contribution >= 0.6 is 11.3 Å². The van der Waals surface area contributed by atoms with Gasteiger partial charge in [-0.1, -0.05) is 17.7 Å². The van der Waals surface area contributed by atoms with E-state index in [0.29, 0.717) is 10.6 Å². The summed E-state index contributed by atoms with van der Waals surface area (Å²) in [6, 6.07) is 3.57. The van der Waals surface area contributed by atoms with Crippen LogP contribution in [-0.2, 0) is 4.79 Å². The summed E-state index contributed by atoms with van der Waals surface area (Å²) in [5.74, 6) is -0.279. The Kier molecular flexibility index (Phi) is 3.43. The second-order valence-corrected chi connectivity index (χ2v) is 5.97. The molecule has 0 fully saturated rings. The standard InChI is InChI=1S/C16H14N2O2S/c1-9-10(2)15(19)18-13-8-11(5-6-12(9)13)17-16(20)14-4-3-7-21-14/h3-8,12H,1-2H3,(H,18,19). The summed E-state index contributed by atoms with van der Waals surface area (Å²) in [4.78, 5) is 28.5. The van der Waals surface area contributed by atoms with Crippen molar-refractivity contribution in [1.82, 2.24) is 5.32 Å². The third-order valence-corrected chi connectivity index (χ3v) is 4.57. The highest BCUT2D eigenvalue weighted by molar-refractivity contribution is 7.12. The fourth-order valence-corrected chi connectivity index (χ4v) is 2.97. The first-order valence-corrected chi connectivity index (χ1v) is 7.49. The fraction of sp³-hybridized carbons (Fsp3) is 0.188. The normalized spacial score (nSPS) is 23.0. The van der Waals surface area contributed by atoms with E-state index in [1.165, 1.54) is 11.3 Å². The van der Waals surface area contributed by atoms with Gasteiger partial charge in [0.2, 0.25) is 0 Å². The number of nitrogens with zero attached hydrogens (tertiary/aromatic N) is 1. The maximum atomic E-state index is 12.0. The molecule has 1 aliphatic heterocycles. The van der Waals surface area contributed by atoms with Crippen molar-refractivity contribution in [2.24, 2.45) is 10.9 Å². The Hall–Kier alpha value is -2.27. The van der Waals surface area contributed by atoms with Crippen molar-refractivity contribution < 1.29 is 9.59 Å². The van der Waals surface area contributed by atoms with Gasteiger partial charge in [0, 0.05) is 17.2 Å². The lowest BCUT2D eigenvalue weighted by molar-refractivity contribution is -0.117. The van der Waals surface area contributed by atoms with Gasteiger partial charge in [-0.05, 0) is 37.4 Å². The molecule has 0 saturated carbocycles. The van der Waals surface area contributed by atoms with Gasteiger partial charge in [0.25, 0.3) is 11.8 Å². The van der Waals surface area contributed by atoms with E-state index in [4.69, 9.17) is 0 Å². The average molecular weight is 298 g/mol. The van der Waals surface area contributed by atoms with Gasteiger partial charge in [0.1, 0.15) is 0 Å². The summed E-state index contributed by atoms with van der Waals surface area (Å²) in [7, 11) is 0. The highest BCUT2D eigenvalue weighted by atomic mass is 32.1. The number of hydrogen-bond acceptors (Lipinski definition) is 3. The average Bonchev–Trinajstić information content (AvgIpc) is 2.99. The quantitative estimate of drug-likeness (QED) is 0.866. The number of hydrogen-bond donors (Lipinski definition) is 1. The smallest absolute Gasteiger partial charge is 0.287 e. The minimum atomic E-state index is -0.259. The number of carbonyl (C=O) groups excluding carboxylic acids is 2. The summed E-state index contributed by atoms with van der Waals surface area (Å²) in [6.07, 6.45) is 5.56. The number of thiophene rings is 1. The Bertz CT molecular complexity index is 736. The molecule has 1 aromatic heterocycles. The Morgan fingerprint density at radius 3 is 2.90 bits per heavy atom. The third kappa shape index (κ3) is 2.52. The van der Waals surface area contributed by atoms with E-state index in [-0.39, 0.29) is 17.7 Å². The van der Waals surface area contributed by atoms with Crippen LogP contribution in [0.3, 0.4) is 0 Å². The molecular formula is C16H14N2O2S. The molecule has 0 radical (unpaired) electrons. The van der Waals surface area contributed by atoms with Crippen molar-refractivity contribution in [3.8, 4) is 0 Å². The summed E-state index contributed by atoms with van der Waals surface area (Å²) >= 11 is 1.36. The van der Waals surface area contributed by atoms with Crippen molar-refractivity contribution >= 4 is 28.9 Å². The highest BCUT2D eigenvalue weighted by Crippen LogP contribution is 2.29. The van der Waals surface area contributed by atoms with Crippen LogP contribution in [0.2, 0.25) is 0 Å². The Balaban J connectivity index is 1.90. The van der Waals surface area contributed by atoms with Crippen molar-refractivity contribution in [2.45, 2.75) is 13.8 Å². The van der Waals surface area contributed by atoms with Crippen molar-refractivity contribution in [2.75, 3.05) is 0 Å². The molecule has 1 N–H and O–H groups in total. The Morgan fingerprint density at radius 1 is 1.38 bits per heavy atom. The molecule has 2 aliphatic rings. The van der Waals surface area contributed by atoms with E-state index in [9.17, 15) is 9.59 Å². The lowest BCUT2D eigenvalue weighted by atomic mass is 9.85. The van der Waals surface area contributed by atoms with E-state index >= 15 is 0 Å². The second kappa shape index (κ2) is 5.26. The van der Waals surface area contributed by atoms with Crippen LogP contribution in [0.1, 0.15) is 23.5 Å². The maximum Gasteiger partial charge on any atom is 0.287 e. The molecule has 0 saturated heterocycles. The van der Waals surface area contributed by atoms with Crippen LogP contribution in [0, 0.1) is 5.92 Å². The SMILES string of the molecule is CC1=C(C)C2C=CC(=NC(=O)c3cccs3)C=C2NC1=O. The number of amides is 2. The zero-order valence-corrected chi connectivity index (χ0v) is 12.5.